The standard InChI is InChI=1S/C21H36N4O2.HI/c1-5-18(6-2)20(25-11-13-27-14-12-25)16-24-21(22-3)23-15-17-7-9-19(26-4)10-8-17;/h7-10,18,20H,5-6,11-16H2,1-4H3,(H2,22,23,24);1H. The number of benzene rings is 1. The Balaban J connectivity index is 0.00000392. The predicted octanol–water partition coefficient (Wildman–Crippen LogP) is 3.12. The van der Waals surface area contributed by atoms with Gasteiger partial charge < -0.3 is 20.1 Å². The Hall–Kier alpha value is -1.06. The summed E-state index contributed by atoms with van der Waals surface area (Å²) in [6, 6.07) is 8.60. The Morgan fingerprint density at radius 1 is 1.14 bits per heavy atom. The molecule has 1 heterocycles. The normalized spacial score (nSPS) is 16.4. The lowest BCUT2D eigenvalue weighted by Crippen LogP contribution is -2.53. The number of nitrogens with zero attached hydrogens (tertiary/aromatic N) is 2. The van der Waals surface area contributed by atoms with E-state index in [1.54, 1.807) is 7.11 Å². The first kappa shape index (κ1) is 25.0. The fourth-order valence-electron chi connectivity index (χ4n) is 3.69. The summed E-state index contributed by atoms with van der Waals surface area (Å²) in [7, 11) is 3.51. The molecule has 0 bridgehead atoms. The molecule has 0 saturated carbocycles. The van der Waals surface area contributed by atoms with Crippen LogP contribution in [-0.2, 0) is 11.3 Å². The topological polar surface area (TPSA) is 58.1 Å². The van der Waals surface area contributed by atoms with Crippen molar-refractivity contribution in [1.82, 2.24) is 15.5 Å². The number of hydrogen-bond acceptors (Lipinski definition) is 4. The summed E-state index contributed by atoms with van der Waals surface area (Å²) in [5.74, 6) is 2.39. The molecule has 2 N–H and O–H groups in total. The summed E-state index contributed by atoms with van der Waals surface area (Å²) in [5, 5.41) is 6.95. The van der Waals surface area contributed by atoms with Crippen LogP contribution in [0.25, 0.3) is 0 Å². The number of aliphatic imine (C=N–C) groups is 1. The molecule has 1 unspecified atom stereocenters. The average molecular weight is 504 g/mol. The molecule has 1 atom stereocenters. The molecule has 1 aromatic rings. The SMILES string of the molecule is CCC(CC)C(CNC(=NC)NCc1ccc(OC)cc1)N1CCOCC1.I. The van der Waals surface area contributed by atoms with Gasteiger partial charge in [-0.3, -0.25) is 9.89 Å². The second-order valence-corrected chi connectivity index (χ2v) is 6.95. The summed E-state index contributed by atoms with van der Waals surface area (Å²) in [6.07, 6.45) is 2.39. The summed E-state index contributed by atoms with van der Waals surface area (Å²) in [6.45, 7) is 9.91. The highest BCUT2D eigenvalue weighted by Gasteiger charge is 2.26. The van der Waals surface area contributed by atoms with Crippen molar-refractivity contribution in [2.45, 2.75) is 39.3 Å². The van der Waals surface area contributed by atoms with Gasteiger partial charge in [-0.05, 0) is 23.6 Å². The molecular weight excluding hydrogens is 467 g/mol. The number of methoxy groups -OCH3 is 1. The molecule has 2 rings (SSSR count). The van der Waals surface area contributed by atoms with E-state index in [0.29, 0.717) is 12.0 Å². The van der Waals surface area contributed by atoms with Crippen LogP contribution in [0.1, 0.15) is 32.3 Å². The first-order valence-corrected chi connectivity index (χ1v) is 10.1. The van der Waals surface area contributed by atoms with E-state index in [2.05, 4.69) is 46.5 Å². The van der Waals surface area contributed by atoms with Gasteiger partial charge in [0.1, 0.15) is 5.75 Å². The predicted molar refractivity (Wildman–Crippen MR) is 127 cm³/mol. The molecule has 7 heteroatoms. The smallest absolute Gasteiger partial charge is 0.191 e. The quantitative estimate of drug-likeness (QED) is 0.308. The van der Waals surface area contributed by atoms with Crippen molar-refractivity contribution in [2.75, 3.05) is 47.0 Å². The maximum Gasteiger partial charge on any atom is 0.191 e. The number of ether oxygens (including phenoxy) is 2. The first-order valence-electron chi connectivity index (χ1n) is 10.1. The second-order valence-electron chi connectivity index (χ2n) is 6.95. The zero-order chi connectivity index (χ0) is 19.5. The van der Waals surface area contributed by atoms with Crippen LogP contribution >= 0.6 is 24.0 Å². The van der Waals surface area contributed by atoms with E-state index in [1.165, 1.54) is 18.4 Å². The van der Waals surface area contributed by atoms with Crippen LogP contribution in [-0.4, -0.2) is 63.9 Å². The lowest BCUT2D eigenvalue weighted by molar-refractivity contribution is 0.00272. The Labute approximate surface area is 187 Å². The highest BCUT2D eigenvalue weighted by atomic mass is 127. The van der Waals surface area contributed by atoms with Crippen LogP contribution in [0.3, 0.4) is 0 Å². The van der Waals surface area contributed by atoms with Gasteiger partial charge in [0.25, 0.3) is 0 Å². The second kappa shape index (κ2) is 14.0. The van der Waals surface area contributed by atoms with Crippen molar-refractivity contribution < 1.29 is 9.47 Å². The molecule has 1 aromatic carbocycles. The van der Waals surface area contributed by atoms with Gasteiger partial charge in [0.15, 0.2) is 5.96 Å². The van der Waals surface area contributed by atoms with Gasteiger partial charge in [0.2, 0.25) is 0 Å². The Bertz CT molecular complexity index is 558. The third-order valence-corrected chi connectivity index (χ3v) is 5.43. The molecule has 1 aliphatic rings. The lowest BCUT2D eigenvalue weighted by atomic mass is 9.92. The Morgan fingerprint density at radius 3 is 2.32 bits per heavy atom. The maximum absolute atomic E-state index is 5.54. The molecule has 1 saturated heterocycles. The zero-order valence-electron chi connectivity index (χ0n) is 17.7. The minimum atomic E-state index is 0. The number of hydrogen-bond donors (Lipinski definition) is 2. The average Bonchev–Trinajstić information content (AvgIpc) is 2.74. The van der Waals surface area contributed by atoms with E-state index in [-0.39, 0.29) is 24.0 Å². The van der Waals surface area contributed by atoms with E-state index in [9.17, 15) is 0 Å². The van der Waals surface area contributed by atoms with Gasteiger partial charge >= 0.3 is 0 Å². The molecule has 28 heavy (non-hydrogen) atoms. The Kier molecular flexibility index (Phi) is 12.5. The minimum absolute atomic E-state index is 0. The van der Waals surface area contributed by atoms with Crippen LogP contribution in [0.15, 0.2) is 29.3 Å². The molecule has 160 valence electrons. The van der Waals surface area contributed by atoms with Crippen molar-refractivity contribution in [2.24, 2.45) is 10.9 Å². The van der Waals surface area contributed by atoms with E-state index in [4.69, 9.17) is 9.47 Å². The van der Waals surface area contributed by atoms with Crippen LogP contribution in [0.4, 0.5) is 0 Å². The van der Waals surface area contributed by atoms with Crippen LogP contribution < -0.4 is 15.4 Å². The van der Waals surface area contributed by atoms with Crippen molar-refractivity contribution in [1.29, 1.82) is 0 Å². The number of halogens is 1. The van der Waals surface area contributed by atoms with Crippen molar-refractivity contribution >= 4 is 29.9 Å². The molecule has 0 aliphatic carbocycles. The van der Waals surface area contributed by atoms with E-state index in [0.717, 1.165) is 51.1 Å². The molecule has 1 fully saturated rings. The summed E-state index contributed by atoms with van der Waals surface area (Å²) >= 11 is 0. The number of morpholine rings is 1. The zero-order valence-corrected chi connectivity index (χ0v) is 20.1. The molecule has 6 nitrogen and oxygen atoms in total. The van der Waals surface area contributed by atoms with Gasteiger partial charge in [0.05, 0.1) is 20.3 Å². The third-order valence-electron chi connectivity index (χ3n) is 5.43. The number of rotatable bonds is 9. The summed E-state index contributed by atoms with van der Waals surface area (Å²) in [4.78, 5) is 6.97. The molecule has 0 radical (unpaired) electrons. The van der Waals surface area contributed by atoms with Gasteiger partial charge in [-0.15, -0.1) is 24.0 Å². The van der Waals surface area contributed by atoms with Gasteiger partial charge in [-0.1, -0.05) is 38.8 Å². The van der Waals surface area contributed by atoms with Gasteiger partial charge in [-0.2, -0.15) is 0 Å². The monoisotopic (exact) mass is 504 g/mol. The molecular formula is C21H37IN4O2. The first-order chi connectivity index (χ1) is 13.2. The van der Waals surface area contributed by atoms with Crippen LogP contribution in [0.2, 0.25) is 0 Å². The molecule has 0 amide bonds. The van der Waals surface area contributed by atoms with Gasteiger partial charge in [-0.25, -0.2) is 0 Å². The van der Waals surface area contributed by atoms with Crippen molar-refractivity contribution in [3.8, 4) is 5.75 Å². The van der Waals surface area contributed by atoms with E-state index >= 15 is 0 Å². The Morgan fingerprint density at radius 2 is 1.79 bits per heavy atom. The minimum Gasteiger partial charge on any atom is -0.497 e. The van der Waals surface area contributed by atoms with E-state index < -0.39 is 0 Å². The largest absolute Gasteiger partial charge is 0.497 e. The molecule has 1 aliphatic heterocycles. The highest BCUT2D eigenvalue weighted by molar-refractivity contribution is 14.0. The highest BCUT2D eigenvalue weighted by Crippen LogP contribution is 2.19. The summed E-state index contributed by atoms with van der Waals surface area (Å²) < 4.78 is 10.8. The third kappa shape index (κ3) is 7.75. The van der Waals surface area contributed by atoms with Crippen molar-refractivity contribution in [3.63, 3.8) is 0 Å². The summed E-state index contributed by atoms with van der Waals surface area (Å²) in [5.41, 5.74) is 1.20. The van der Waals surface area contributed by atoms with Crippen LogP contribution in [0.5, 0.6) is 5.75 Å². The van der Waals surface area contributed by atoms with Crippen molar-refractivity contribution in [3.05, 3.63) is 29.8 Å². The molecule has 0 aromatic heterocycles. The van der Waals surface area contributed by atoms with Gasteiger partial charge in [0, 0.05) is 39.3 Å². The number of nitrogens with one attached hydrogen (secondary N) is 2. The number of guanidine groups is 1. The maximum atomic E-state index is 5.54. The fourth-order valence-corrected chi connectivity index (χ4v) is 3.69. The fraction of sp³-hybridized carbons (Fsp3) is 0.667. The lowest BCUT2D eigenvalue weighted by Gasteiger charge is -2.39. The van der Waals surface area contributed by atoms with Crippen LogP contribution in [0, 0.1) is 5.92 Å². The van der Waals surface area contributed by atoms with E-state index in [1.807, 2.05) is 19.2 Å². The molecule has 0 spiro atoms.